The number of benzene rings is 3. The second kappa shape index (κ2) is 13.5. The topological polar surface area (TPSA) is 118 Å². The molecule has 9 nitrogen and oxygen atoms in total. The second-order valence-electron chi connectivity index (χ2n) is 10.4. The number of fused-ring (bicyclic) bond motifs is 1. The first kappa shape index (κ1) is 33.2. The molecule has 0 aliphatic carbocycles. The van der Waals surface area contributed by atoms with E-state index in [-0.39, 0.29) is 62.8 Å². The summed E-state index contributed by atoms with van der Waals surface area (Å²) < 4.78 is 46.5. The van der Waals surface area contributed by atoms with E-state index < -0.39 is 30.2 Å². The summed E-state index contributed by atoms with van der Waals surface area (Å²) in [6, 6.07) is 9.54. The number of aliphatic hydroxyl groups excluding tert-OH is 1. The lowest BCUT2D eigenvalue weighted by atomic mass is 9.94. The summed E-state index contributed by atoms with van der Waals surface area (Å²) in [6.45, 7) is 1.94. The van der Waals surface area contributed by atoms with Crippen LogP contribution in [0.3, 0.4) is 0 Å². The van der Waals surface area contributed by atoms with E-state index in [2.05, 4.69) is 20.9 Å². The van der Waals surface area contributed by atoms with Gasteiger partial charge in [0.2, 0.25) is 11.9 Å². The summed E-state index contributed by atoms with van der Waals surface area (Å²) in [7, 11) is 1.64. The number of carbonyl (C=O) groups is 2. The van der Waals surface area contributed by atoms with Crippen molar-refractivity contribution in [3.05, 3.63) is 74.5 Å². The SMILES string of the molecule is Cn1c(Nc2c(Cl)ccc(CNC(=O)C(C)(C)CO)c2Cl)nc2cc(C(=O)Nc3ccc(F)c(Cl)c3)c(OCC(F)F)cc21. The van der Waals surface area contributed by atoms with Gasteiger partial charge >= 0.3 is 0 Å². The van der Waals surface area contributed by atoms with E-state index in [0.29, 0.717) is 16.6 Å². The number of carbonyl (C=O) groups excluding carboxylic acids is 2. The molecule has 1 heterocycles. The fraction of sp³-hybridized carbons (Fsp3) is 0.276. The molecule has 15 heteroatoms. The van der Waals surface area contributed by atoms with Gasteiger partial charge in [0.15, 0.2) is 0 Å². The van der Waals surface area contributed by atoms with E-state index in [1.807, 2.05) is 0 Å². The van der Waals surface area contributed by atoms with E-state index in [4.69, 9.17) is 39.5 Å². The number of nitrogens with zero attached hydrogens (tertiary/aromatic N) is 2. The molecule has 4 aromatic rings. The molecule has 0 atom stereocenters. The number of rotatable bonds is 11. The molecule has 0 fully saturated rings. The molecule has 0 aliphatic heterocycles. The quantitative estimate of drug-likeness (QED) is 0.137. The smallest absolute Gasteiger partial charge is 0.272 e. The highest BCUT2D eigenvalue weighted by atomic mass is 35.5. The fourth-order valence-corrected chi connectivity index (χ4v) is 4.71. The number of aromatic nitrogens is 2. The predicted octanol–water partition coefficient (Wildman–Crippen LogP) is 6.95. The van der Waals surface area contributed by atoms with Gasteiger partial charge in [0.05, 0.1) is 49.4 Å². The van der Waals surface area contributed by atoms with Crippen LogP contribution in [0.1, 0.15) is 29.8 Å². The molecule has 0 aliphatic rings. The van der Waals surface area contributed by atoms with Crippen molar-refractivity contribution in [1.29, 1.82) is 0 Å². The van der Waals surface area contributed by atoms with E-state index in [9.17, 15) is 27.9 Å². The first-order valence-electron chi connectivity index (χ1n) is 13.0. The number of alkyl halides is 2. The Labute approximate surface area is 265 Å². The number of hydrogen-bond acceptors (Lipinski definition) is 6. The van der Waals surface area contributed by atoms with Gasteiger partial charge in [-0.15, -0.1) is 0 Å². The predicted molar refractivity (Wildman–Crippen MR) is 164 cm³/mol. The third kappa shape index (κ3) is 7.32. The van der Waals surface area contributed by atoms with Gasteiger partial charge in [0, 0.05) is 25.3 Å². The third-order valence-corrected chi connectivity index (χ3v) is 7.66. The maximum absolute atomic E-state index is 13.6. The summed E-state index contributed by atoms with van der Waals surface area (Å²) in [5, 5.41) is 18.0. The van der Waals surface area contributed by atoms with Crippen LogP contribution in [0.15, 0.2) is 42.5 Å². The minimum Gasteiger partial charge on any atom is -0.487 e. The Morgan fingerprint density at radius 2 is 1.82 bits per heavy atom. The number of aliphatic hydroxyl groups is 1. The lowest BCUT2D eigenvalue weighted by molar-refractivity contribution is -0.131. The van der Waals surface area contributed by atoms with Crippen LogP contribution in [-0.4, -0.2) is 46.1 Å². The standard InChI is InChI=1S/C29H27Cl3F3N5O4/c1-29(2,13-41)27(43)36-11-14-4-6-17(30)25(24(14)32)39-28-38-20-9-16(22(44-12-23(34)35)10-21(20)40(28)3)26(42)37-15-5-7-19(33)18(31)8-15/h4-10,23,41H,11-13H2,1-3H3,(H,36,43)(H,37,42)(H,38,39). The molecule has 0 unspecified atom stereocenters. The highest BCUT2D eigenvalue weighted by molar-refractivity contribution is 6.39. The largest absolute Gasteiger partial charge is 0.487 e. The Morgan fingerprint density at radius 3 is 2.48 bits per heavy atom. The third-order valence-electron chi connectivity index (χ3n) is 6.63. The summed E-state index contributed by atoms with van der Waals surface area (Å²) in [4.78, 5) is 30.1. The van der Waals surface area contributed by atoms with Gasteiger partial charge in [-0.05, 0) is 49.7 Å². The van der Waals surface area contributed by atoms with E-state index in [1.54, 1.807) is 37.6 Å². The highest BCUT2D eigenvalue weighted by Crippen LogP contribution is 2.37. The molecule has 4 N–H and O–H groups in total. The van der Waals surface area contributed by atoms with Crippen LogP contribution in [0.25, 0.3) is 11.0 Å². The number of aryl methyl sites for hydroxylation is 1. The molecule has 4 rings (SSSR count). The van der Waals surface area contributed by atoms with E-state index in [1.165, 1.54) is 24.3 Å². The summed E-state index contributed by atoms with van der Waals surface area (Å²) in [6.07, 6.45) is -2.81. The van der Waals surface area contributed by atoms with Gasteiger partial charge in [-0.2, -0.15) is 0 Å². The normalized spacial score (nSPS) is 11.6. The van der Waals surface area contributed by atoms with Crippen molar-refractivity contribution in [1.82, 2.24) is 14.9 Å². The molecule has 0 spiro atoms. The van der Waals surface area contributed by atoms with Crippen LogP contribution < -0.4 is 20.7 Å². The molecular formula is C29H27Cl3F3N5O4. The van der Waals surface area contributed by atoms with E-state index in [0.717, 1.165) is 6.07 Å². The average molecular weight is 673 g/mol. The Morgan fingerprint density at radius 1 is 1.09 bits per heavy atom. The molecule has 234 valence electrons. The Balaban J connectivity index is 1.67. The van der Waals surface area contributed by atoms with E-state index >= 15 is 0 Å². The van der Waals surface area contributed by atoms with Crippen LogP contribution in [0.4, 0.5) is 30.5 Å². The zero-order chi connectivity index (χ0) is 32.3. The highest BCUT2D eigenvalue weighted by Gasteiger charge is 2.27. The van der Waals surface area contributed by atoms with Crippen LogP contribution in [0.2, 0.25) is 15.1 Å². The molecule has 44 heavy (non-hydrogen) atoms. The van der Waals surface area contributed by atoms with Crippen LogP contribution >= 0.6 is 34.8 Å². The zero-order valence-corrected chi connectivity index (χ0v) is 25.8. The average Bonchev–Trinajstić information content (AvgIpc) is 3.28. The Hall–Kier alpha value is -3.71. The summed E-state index contributed by atoms with van der Waals surface area (Å²) >= 11 is 18.9. The molecular weight excluding hydrogens is 646 g/mol. The van der Waals surface area contributed by atoms with Crippen molar-refractivity contribution in [3.8, 4) is 5.75 Å². The first-order chi connectivity index (χ1) is 20.7. The molecule has 1 aromatic heterocycles. The first-order valence-corrected chi connectivity index (χ1v) is 14.2. The number of hydrogen-bond donors (Lipinski definition) is 4. The summed E-state index contributed by atoms with van der Waals surface area (Å²) in [5.41, 5.74) is 0.589. The number of ether oxygens (including phenoxy) is 1. The lowest BCUT2D eigenvalue weighted by Crippen LogP contribution is -2.38. The van der Waals surface area contributed by atoms with Crippen molar-refractivity contribution in [2.75, 3.05) is 23.8 Å². The van der Waals surface area contributed by atoms with Gasteiger partial charge in [-0.1, -0.05) is 40.9 Å². The molecule has 3 aromatic carbocycles. The second-order valence-corrected chi connectivity index (χ2v) is 11.6. The van der Waals surface area contributed by atoms with Gasteiger partial charge in [-0.25, -0.2) is 18.2 Å². The zero-order valence-electron chi connectivity index (χ0n) is 23.6. The van der Waals surface area contributed by atoms with Gasteiger partial charge in [0.1, 0.15) is 18.2 Å². The van der Waals surface area contributed by atoms with Crippen molar-refractivity contribution in [2.24, 2.45) is 12.5 Å². The monoisotopic (exact) mass is 671 g/mol. The Kier molecular flexibility index (Phi) is 10.2. The van der Waals surface area contributed by atoms with Gasteiger partial charge < -0.3 is 30.4 Å². The van der Waals surface area contributed by atoms with Crippen molar-refractivity contribution in [3.63, 3.8) is 0 Å². The Bertz CT molecular complexity index is 1730. The lowest BCUT2D eigenvalue weighted by Gasteiger charge is -2.21. The fourth-order valence-electron chi connectivity index (χ4n) is 4.00. The van der Waals surface area contributed by atoms with Crippen molar-refractivity contribution >= 4 is 75.0 Å². The summed E-state index contributed by atoms with van der Waals surface area (Å²) in [5.74, 6) is -1.69. The maximum Gasteiger partial charge on any atom is 0.272 e. The van der Waals surface area contributed by atoms with Crippen LogP contribution in [0, 0.1) is 11.2 Å². The number of halogens is 6. The van der Waals surface area contributed by atoms with Gasteiger partial charge in [0.25, 0.3) is 12.3 Å². The minimum atomic E-state index is -2.81. The molecule has 0 radical (unpaired) electrons. The molecule has 0 saturated carbocycles. The minimum absolute atomic E-state index is 0.0536. The van der Waals surface area contributed by atoms with Crippen molar-refractivity contribution < 1.29 is 32.6 Å². The van der Waals surface area contributed by atoms with Crippen molar-refractivity contribution in [2.45, 2.75) is 26.8 Å². The molecule has 0 bridgehead atoms. The van der Waals surface area contributed by atoms with Gasteiger partial charge in [-0.3, -0.25) is 9.59 Å². The molecule has 2 amide bonds. The van der Waals surface area contributed by atoms with Crippen LogP contribution in [-0.2, 0) is 18.4 Å². The number of amides is 2. The number of anilines is 3. The van der Waals surface area contributed by atoms with Crippen LogP contribution in [0.5, 0.6) is 5.75 Å². The number of nitrogens with one attached hydrogen (secondary N) is 3. The number of imidazole rings is 1. The molecule has 0 saturated heterocycles. The maximum atomic E-state index is 13.6.